The molecule has 0 aliphatic rings. The third-order valence-electron chi connectivity index (χ3n) is 2.51. The van der Waals surface area contributed by atoms with Crippen molar-refractivity contribution in [1.82, 2.24) is 9.71 Å². The van der Waals surface area contributed by atoms with Gasteiger partial charge >= 0.3 is 5.97 Å². The van der Waals surface area contributed by atoms with E-state index >= 15 is 0 Å². The Labute approximate surface area is 116 Å². The first-order valence-electron chi connectivity index (χ1n) is 5.66. The number of pyridine rings is 1. The van der Waals surface area contributed by atoms with Gasteiger partial charge in [0.25, 0.3) is 10.0 Å². The van der Waals surface area contributed by atoms with Gasteiger partial charge in [-0.25, -0.2) is 18.2 Å². The average Bonchev–Trinajstić information content (AvgIpc) is 2.35. The minimum Gasteiger partial charge on any atom is -0.478 e. The quantitative estimate of drug-likeness (QED) is 0.651. The maximum absolute atomic E-state index is 12.0. The van der Waals surface area contributed by atoms with Crippen LogP contribution in [-0.4, -0.2) is 36.4 Å². The summed E-state index contributed by atoms with van der Waals surface area (Å²) in [6.45, 7) is 3.28. The van der Waals surface area contributed by atoms with Crippen molar-refractivity contribution in [3.8, 4) is 0 Å². The van der Waals surface area contributed by atoms with Crippen molar-refractivity contribution in [3.63, 3.8) is 0 Å². The van der Waals surface area contributed by atoms with E-state index in [0.29, 0.717) is 0 Å². The van der Waals surface area contributed by atoms with Gasteiger partial charge in [0.15, 0.2) is 5.03 Å². The molecule has 1 amide bonds. The highest BCUT2D eigenvalue weighted by Gasteiger charge is 2.27. The summed E-state index contributed by atoms with van der Waals surface area (Å²) in [4.78, 5) is 25.4. The molecule has 8 nitrogen and oxygen atoms in total. The van der Waals surface area contributed by atoms with Crippen molar-refractivity contribution in [3.05, 3.63) is 23.9 Å². The van der Waals surface area contributed by atoms with Crippen LogP contribution in [0.5, 0.6) is 0 Å². The molecular formula is C11H15N3O5S. The number of hydrogen-bond donors (Lipinski definition) is 3. The SMILES string of the molecule is CC(C)C(NS(=O)(=O)c1ccc(C(=O)O)cn1)C(N)=O. The van der Waals surface area contributed by atoms with Crippen LogP contribution >= 0.6 is 0 Å². The second-order valence-corrected chi connectivity index (χ2v) is 6.10. The lowest BCUT2D eigenvalue weighted by Crippen LogP contribution is -2.47. The second kappa shape index (κ2) is 5.97. The van der Waals surface area contributed by atoms with Crippen molar-refractivity contribution in [2.45, 2.75) is 24.9 Å². The fourth-order valence-electron chi connectivity index (χ4n) is 1.42. The second-order valence-electron chi connectivity index (χ2n) is 4.44. The summed E-state index contributed by atoms with van der Waals surface area (Å²) in [6.07, 6.45) is 0.922. The van der Waals surface area contributed by atoms with Crippen LogP contribution in [0.2, 0.25) is 0 Å². The van der Waals surface area contributed by atoms with Crippen LogP contribution in [0.25, 0.3) is 0 Å². The zero-order valence-electron chi connectivity index (χ0n) is 10.9. The van der Waals surface area contributed by atoms with Gasteiger partial charge in [0.05, 0.1) is 5.56 Å². The number of rotatable bonds is 6. The van der Waals surface area contributed by atoms with Gasteiger partial charge in [0.2, 0.25) is 5.91 Å². The molecule has 4 N–H and O–H groups in total. The Morgan fingerprint density at radius 1 is 1.35 bits per heavy atom. The van der Waals surface area contributed by atoms with Gasteiger partial charge in [-0.05, 0) is 18.1 Å². The molecule has 0 bridgehead atoms. The van der Waals surface area contributed by atoms with Gasteiger partial charge in [-0.2, -0.15) is 4.72 Å². The molecule has 1 rings (SSSR count). The lowest BCUT2D eigenvalue weighted by atomic mass is 10.1. The summed E-state index contributed by atoms with van der Waals surface area (Å²) in [6, 6.07) is 1.09. The highest BCUT2D eigenvalue weighted by atomic mass is 32.2. The van der Waals surface area contributed by atoms with E-state index in [4.69, 9.17) is 10.8 Å². The summed E-state index contributed by atoms with van der Waals surface area (Å²) in [7, 11) is -4.05. The molecule has 0 radical (unpaired) electrons. The molecule has 0 aliphatic carbocycles. The topological polar surface area (TPSA) is 139 Å². The lowest BCUT2D eigenvalue weighted by Gasteiger charge is -2.18. The number of nitrogens with zero attached hydrogens (tertiary/aromatic N) is 1. The monoisotopic (exact) mass is 301 g/mol. The number of hydrogen-bond acceptors (Lipinski definition) is 5. The number of carboxylic acids is 1. The normalized spacial score (nSPS) is 13.2. The van der Waals surface area contributed by atoms with Crippen molar-refractivity contribution in [2.75, 3.05) is 0 Å². The van der Waals surface area contributed by atoms with E-state index in [0.717, 1.165) is 18.3 Å². The van der Waals surface area contributed by atoms with Gasteiger partial charge in [-0.1, -0.05) is 13.8 Å². The predicted octanol–water partition coefficient (Wildman–Crippen LogP) is -0.432. The van der Waals surface area contributed by atoms with Gasteiger partial charge in [0, 0.05) is 6.20 Å². The molecule has 1 aromatic heterocycles. The van der Waals surface area contributed by atoms with E-state index in [9.17, 15) is 18.0 Å². The molecule has 110 valence electrons. The van der Waals surface area contributed by atoms with Crippen LogP contribution in [0.15, 0.2) is 23.4 Å². The number of carbonyl (C=O) groups excluding carboxylic acids is 1. The third kappa shape index (κ3) is 3.75. The Morgan fingerprint density at radius 2 is 1.95 bits per heavy atom. The van der Waals surface area contributed by atoms with Crippen LogP contribution in [0.1, 0.15) is 24.2 Å². The zero-order valence-corrected chi connectivity index (χ0v) is 11.7. The maximum atomic E-state index is 12.0. The van der Waals surface area contributed by atoms with Gasteiger partial charge < -0.3 is 10.8 Å². The highest BCUT2D eigenvalue weighted by Crippen LogP contribution is 2.10. The first-order valence-corrected chi connectivity index (χ1v) is 7.14. The van der Waals surface area contributed by atoms with Crippen LogP contribution < -0.4 is 10.5 Å². The molecule has 9 heteroatoms. The van der Waals surface area contributed by atoms with Crippen LogP contribution in [-0.2, 0) is 14.8 Å². The number of primary amides is 1. The Balaban J connectivity index is 3.04. The number of nitrogens with two attached hydrogens (primary N) is 1. The number of carboxylic acid groups (broad SMARTS) is 1. The van der Waals surface area contributed by atoms with Gasteiger partial charge in [-0.15, -0.1) is 0 Å². The van der Waals surface area contributed by atoms with E-state index in [2.05, 4.69) is 9.71 Å². The molecule has 0 spiro atoms. The summed E-state index contributed by atoms with van der Waals surface area (Å²) in [5.74, 6) is -2.35. The molecule has 0 fully saturated rings. The fourth-order valence-corrected chi connectivity index (χ4v) is 2.70. The molecule has 0 saturated carbocycles. The van der Waals surface area contributed by atoms with Crippen molar-refractivity contribution in [2.24, 2.45) is 11.7 Å². The Hall–Kier alpha value is -2.00. The minimum absolute atomic E-state index is 0.140. The van der Waals surface area contributed by atoms with Gasteiger partial charge in [-0.3, -0.25) is 4.79 Å². The number of carbonyl (C=O) groups is 2. The van der Waals surface area contributed by atoms with E-state index < -0.39 is 27.9 Å². The van der Waals surface area contributed by atoms with E-state index in [-0.39, 0.29) is 16.5 Å². The largest absolute Gasteiger partial charge is 0.478 e. The Bertz CT molecular complexity index is 609. The van der Waals surface area contributed by atoms with Crippen LogP contribution in [0.3, 0.4) is 0 Å². The highest BCUT2D eigenvalue weighted by molar-refractivity contribution is 7.89. The molecule has 20 heavy (non-hydrogen) atoms. The first kappa shape index (κ1) is 16.1. The van der Waals surface area contributed by atoms with Crippen LogP contribution in [0, 0.1) is 5.92 Å². The Morgan fingerprint density at radius 3 is 2.30 bits per heavy atom. The van der Waals surface area contributed by atoms with Gasteiger partial charge in [0.1, 0.15) is 6.04 Å². The lowest BCUT2D eigenvalue weighted by molar-refractivity contribution is -0.120. The number of sulfonamides is 1. The molecule has 0 saturated heterocycles. The summed E-state index contributed by atoms with van der Waals surface area (Å²) >= 11 is 0. The summed E-state index contributed by atoms with van der Waals surface area (Å²) < 4.78 is 26.2. The average molecular weight is 301 g/mol. The number of aromatic carboxylic acids is 1. The smallest absolute Gasteiger partial charge is 0.337 e. The zero-order chi connectivity index (χ0) is 15.5. The third-order valence-corrected chi connectivity index (χ3v) is 3.87. The van der Waals surface area contributed by atoms with E-state index in [1.54, 1.807) is 13.8 Å². The summed E-state index contributed by atoms with van der Waals surface area (Å²) in [5, 5.41) is 8.32. The minimum atomic E-state index is -4.05. The summed E-state index contributed by atoms with van der Waals surface area (Å²) in [5.41, 5.74) is 4.98. The standard InChI is InChI=1S/C11H15N3O5S/c1-6(2)9(10(12)15)14-20(18,19)8-4-3-7(5-13-8)11(16)17/h3-6,9,14H,1-2H3,(H2,12,15)(H,16,17). The molecular weight excluding hydrogens is 286 g/mol. The van der Waals surface area contributed by atoms with Crippen molar-refractivity contribution in [1.29, 1.82) is 0 Å². The molecule has 0 aliphatic heterocycles. The van der Waals surface area contributed by atoms with Crippen LogP contribution in [0.4, 0.5) is 0 Å². The maximum Gasteiger partial charge on any atom is 0.337 e. The Kier molecular flexibility index (Phi) is 4.79. The number of aromatic nitrogens is 1. The molecule has 1 atom stereocenters. The van der Waals surface area contributed by atoms with Crippen molar-refractivity contribution >= 4 is 21.9 Å². The molecule has 0 aromatic carbocycles. The van der Waals surface area contributed by atoms with Crippen molar-refractivity contribution < 1.29 is 23.1 Å². The van der Waals surface area contributed by atoms with E-state index in [1.165, 1.54) is 0 Å². The number of amides is 1. The molecule has 1 heterocycles. The van der Waals surface area contributed by atoms with E-state index in [1.807, 2.05) is 0 Å². The molecule has 1 aromatic rings. The predicted molar refractivity (Wildman–Crippen MR) is 69.3 cm³/mol. The molecule has 1 unspecified atom stereocenters. The fraction of sp³-hybridized carbons (Fsp3) is 0.364. The number of nitrogens with one attached hydrogen (secondary N) is 1. The first-order chi connectivity index (χ1) is 9.15.